The molecule has 0 bridgehead atoms. The van der Waals surface area contributed by atoms with Crippen molar-refractivity contribution < 1.29 is 0 Å². The SMILES string of the molecule is C=C(C)c1cc(I)c(I)c(I)c1. The summed E-state index contributed by atoms with van der Waals surface area (Å²) in [5.74, 6) is 0. The number of hydrogen-bond acceptors (Lipinski definition) is 0. The Kier molecular flexibility index (Phi) is 4.29. The van der Waals surface area contributed by atoms with Crippen LogP contribution in [0.25, 0.3) is 5.57 Å². The Morgan fingerprint density at radius 1 is 1.17 bits per heavy atom. The van der Waals surface area contributed by atoms with E-state index in [2.05, 4.69) is 86.5 Å². The highest BCUT2D eigenvalue weighted by Crippen LogP contribution is 2.25. The van der Waals surface area contributed by atoms with Crippen LogP contribution in [0.5, 0.6) is 0 Å². The summed E-state index contributed by atoms with van der Waals surface area (Å²) < 4.78 is 3.94. The van der Waals surface area contributed by atoms with Crippen LogP contribution in [0.3, 0.4) is 0 Å². The number of benzene rings is 1. The largest absolute Gasteiger partial charge is 0.0955 e. The van der Waals surface area contributed by atoms with Gasteiger partial charge in [-0.1, -0.05) is 12.2 Å². The number of allylic oxidation sites excluding steroid dienone is 1. The molecule has 0 saturated heterocycles. The van der Waals surface area contributed by atoms with Crippen molar-refractivity contribution in [2.75, 3.05) is 0 Å². The van der Waals surface area contributed by atoms with Crippen molar-refractivity contribution in [3.8, 4) is 0 Å². The van der Waals surface area contributed by atoms with E-state index in [9.17, 15) is 0 Å². The van der Waals surface area contributed by atoms with Crippen molar-refractivity contribution in [1.29, 1.82) is 0 Å². The van der Waals surface area contributed by atoms with E-state index in [4.69, 9.17) is 0 Å². The summed E-state index contributed by atoms with van der Waals surface area (Å²) in [6, 6.07) is 4.35. The van der Waals surface area contributed by atoms with E-state index in [0.717, 1.165) is 5.57 Å². The lowest BCUT2D eigenvalue weighted by atomic mass is 10.1. The summed E-state index contributed by atoms with van der Waals surface area (Å²) in [7, 11) is 0. The highest BCUT2D eigenvalue weighted by Gasteiger charge is 2.04. The first-order valence-electron chi connectivity index (χ1n) is 3.33. The Morgan fingerprint density at radius 2 is 1.58 bits per heavy atom. The Bertz CT molecular complexity index is 306. The van der Waals surface area contributed by atoms with Gasteiger partial charge in [-0.25, -0.2) is 0 Å². The molecule has 0 aliphatic heterocycles. The van der Waals surface area contributed by atoms with Crippen molar-refractivity contribution in [1.82, 2.24) is 0 Å². The molecular weight excluding hydrogens is 489 g/mol. The summed E-state index contributed by atoms with van der Waals surface area (Å²) in [4.78, 5) is 0. The van der Waals surface area contributed by atoms with E-state index in [0.29, 0.717) is 0 Å². The average molecular weight is 496 g/mol. The van der Waals surface area contributed by atoms with Gasteiger partial charge >= 0.3 is 0 Å². The molecule has 0 atom stereocenters. The van der Waals surface area contributed by atoms with Crippen molar-refractivity contribution in [3.05, 3.63) is 35.0 Å². The molecule has 0 nitrogen and oxygen atoms in total. The minimum Gasteiger partial charge on any atom is -0.0955 e. The van der Waals surface area contributed by atoms with Gasteiger partial charge in [0.2, 0.25) is 0 Å². The molecule has 64 valence electrons. The third kappa shape index (κ3) is 2.57. The standard InChI is InChI=1S/C9H7I3/c1-5(2)6-3-7(10)9(12)8(11)4-6/h3-4H,1H2,2H3. The van der Waals surface area contributed by atoms with E-state index in [1.807, 2.05) is 6.92 Å². The summed E-state index contributed by atoms with van der Waals surface area (Å²) in [5.41, 5.74) is 2.37. The van der Waals surface area contributed by atoms with Crippen molar-refractivity contribution in [2.24, 2.45) is 0 Å². The lowest BCUT2D eigenvalue weighted by Gasteiger charge is -2.04. The molecule has 0 amide bonds. The number of halogens is 3. The molecule has 0 radical (unpaired) electrons. The van der Waals surface area contributed by atoms with Crippen LogP contribution in [0.4, 0.5) is 0 Å². The minimum absolute atomic E-state index is 1.13. The van der Waals surface area contributed by atoms with Crippen LogP contribution in [0.2, 0.25) is 0 Å². The number of rotatable bonds is 1. The quantitative estimate of drug-likeness (QED) is 0.397. The summed E-state index contributed by atoms with van der Waals surface area (Å²) >= 11 is 7.08. The van der Waals surface area contributed by atoms with Crippen LogP contribution in [-0.4, -0.2) is 0 Å². The van der Waals surface area contributed by atoms with Gasteiger partial charge in [0.15, 0.2) is 0 Å². The molecule has 0 unspecified atom stereocenters. The maximum atomic E-state index is 3.93. The van der Waals surface area contributed by atoms with Crippen LogP contribution >= 0.6 is 67.8 Å². The second-order valence-corrected chi connectivity index (χ2v) is 5.94. The first-order valence-corrected chi connectivity index (χ1v) is 6.56. The summed E-state index contributed by atoms with van der Waals surface area (Å²) in [6.07, 6.45) is 0. The van der Waals surface area contributed by atoms with Crippen LogP contribution < -0.4 is 0 Å². The predicted molar refractivity (Wildman–Crippen MR) is 79.3 cm³/mol. The fourth-order valence-electron chi connectivity index (χ4n) is 0.802. The highest BCUT2D eigenvalue weighted by molar-refractivity contribution is 14.1. The van der Waals surface area contributed by atoms with Crippen LogP contribution in [0.1, 0.15) is 12.5 Å². The average Bonchev–Trinajstić information content (AvgIpc) is 1.99. The first-order chi connectivity index (χ1) is 5.52. The lowest BCUT2D eigenvalue weighted by molar-refractivity contribution is 1.47. The summed E-state index contributed by atoms with van der Waals surface area (Å²) in [5, 5.41) is 0. The van der Waals surface area contributed by atoms with E-state index >= 15 is 0 Å². The number of hydrogen-bond donors (Lipinski definition) is 0. The molecule has 0 saturated carbocycles. The molecular formula is C9H7I3. The molecule has 0 aliphatic rings. The molecule has 1 aromatic rings. The minimum atomic E-state index is 1.13. The molecule has 1 aromatic carbocycles. The van der Waals surface area contributed by atoms with E-state index in [-0.39, 0.29) is 0 Å². The van der Waals surface area contributed by atoms with Crippen molar-refractivity contribution in [3.63, 3.8) is 0 Å². The van der Waals surface area contributed by atoms with Crippen molar-refractivity contribution in [2.45, 2.75) is 6.92 Å². The first kappa shape index (κ1) is 11.2. The zero-order chi connectivity index (χ0) is 9.30. The Labute approximate surface area is 114 Å². The van der Waals surface area contributed by atoms with Gasteiger partial charge in [0, 0.05) is 10.7 Å². The van der Waals surface area contributed by atoms with E-state index < -0.39 is 0 Å². The van der Waals surface area contributed by atoms with Gasteiger partial charge in [-0.15, -0.1) is 0 Å². The zero-order valence-electron chi connectivity index (χ0n) is 6.50. The topological polar surface area (TPSA) is 0 Å². The zero-order valence-corrected chi connectivity index (χ0v) is 13.0. The van der Waals surface area contributed by atoms with Gasteiger partial charge in [-0.05, 0) is 92.4 Å². The fourth-order valence-corrected chi connectivity index (χ4v) is 2.88. The van der Waals surface area contributed by atoms with Gasteiger partial charge < -0.3 is 0 Å². The molecule has 0 fully saturated rings. The monoisotopic (exact) mass is 496 g/mol. The van der Waals surface area contributed by atoms with Gasteiger partial charge in [0.05, 0.1) is 0 Å². The second-order valence-electron chi connectivity index (χ2n) is 2.53. The molecule has 12 heavy (non-hydrogen) atoms. The molecule has 3 heteroatoms. The van der Waals surface area contributed by atoms with Crippen LogP contribution in [-0.2, 0) is 0 Å². The maximum Gasteiger partial charge on any atom is 0.0397 e. The maximum absolute atomic E-state index is 3.93. The van der Waals surface area contributed by atoms with Crippen LogP contribution in [0, 0.1) is 10.7 Å². The normalized spacial score (nSPS) is 10.0. The smallest absolute Gasteiger partial charge is 0.0397 e. The molecule has 1 rings (SSSR count). The van der Waals surface area contributed by atoms with Gasteiger partial charge in [-0.3, -0.25) is 0 Å². The summed E-state index contributed by atoms with van der Waals surface area (Å²) in [6.45, 7) is 5.96. The Balaban J connectivity index is 3.31. The molecule has 0 heterocycles. The van der Waals surface area contributed by atoms with Gasteiger partial charge in [0.25, 0.3) is 0 Å². The Morgan fingerprint density at radius 3 is 1.92 bits per heavy atom. The molecule has 0 aromatic heterocycles. The fraction of sp³-hybridized carbons (Fsp3) is 0.111. The van der Waals surface area contributed by atoms with Gasteiger partial charge in [0.1, 0.15) is 0 Å². The molecule has 0 N–H and O–H groups in total. The third-order valence-electron chi connectivity index (χ3n) is 1.48. The predicted octanol–water partition coefficient (Wildman–Crippen LogP) is 4.53. The second kappa shape index (κ2) is 4.59. The molecule has 0 spiro atoms. The van der Waals surface area contributed by atoms with E-state index in [1.54, 1.807) is 0 Å². The van der Waals surface area contributed by atoms with Crippen molar-refractivity contribution >= 4 is 73.3 Å². The molecule has 0 aliphatic carbocycles. The van der Waals surface area contributed by atoms with Gasteiger partial charge in [-0.2, -0.15) is 0 Å². The highest BCUT2D eigenvalue weighted by atomic mass is 127. The third-order valence-corrected chi connectivity index (χ3v) is 6.40. The van der Waals surface area contributed by atoms with Crippen LogP contribution in [0.15, 0.2) is 18.7 Å². The Hall–Kier alpha value is 1.15. The van der Waals surface area contributed by atoms with E-state index in [1.165, 1.54) is 16.3 Å². The lowest BCUT2D eigenvalue weighted by Crippen LogP contribution is -1.88.